The van der Waals surface area contributed by atoms with E-state index in [1.54, 1.807) is 18.2 Å². The zero-order valence-electron chi connectivity index (χ0n) is 17.3. The molecular weight excluding hydrogens is 405 g/mol. The van der Waals surface area contributed by atoms with Crippen LogP contribution in [0.1, 0.15) is 23.0 Å². The number of methoxy groups -OCH3 is 2. The SMILES string of the molecule is COc1ccc(CNC(=O)[C@H](C)OC(=O)c2cncn2-c2ccc(F)cc2)cc1OC. The first-order valence-corrected chi connectivity index (χ1v) is 9.40. The average molecular weight is 427 g/mol. The van der Waals surface area contributed by atoms with Gasteiger partial charge in [-0.15, -0.1) is 0 Å². The van der Waals surface area contributed by atoms with Crippen LogP contribution in [0.15, 0.2) is 55.0 Å². The number of aromatic nitrogens is 2. The molecule has 3 rings (SSSR count). The number of hydrogen-bond donors (Lipinski definition) is 1. The monoisotopic (exact) mass is 427 g/mol. The van der Waals surface area contributed by atoms with Gasteiger partial charge in [-0.2, -0.15) is 0 Å². The zero-order chi connectivity index (χ0) is 22.4. The molecule has 0 bridgehead atoms. The van der Waals surface area contributed by atoms with E-state index in [-0.39, 0.29) is 12.2 Å². The first-order valence-electron chi connectivity index (χ1n) is 9.40. The topological polar surface area (TPSA) is 91.7 Å². The van der Waals surface area contributed by atoms with Gasteiger partial charge in [-0.3, -0.25) is 9.36 Å². The van der Waals surface area contributed by atoms with E-state index >= 15 is 0 Å². The third-order valence-corrected chi connectivity index (χ3v) is 4.52. The van der Waals surface area contributed by atoms with Crippen molar-refractivity contribution in [2.45, 2.75) is 19.6 Å². The predicted molar refractivity (Wildman–Crippen MR) is 110 cm³/mol. The van der Waals surface area contributed by atoms with Gasteiger partial charge in [-0.1, -0.05) is 6.07 Å². The van der Waals surface area contributed by atoms with Crippen LogP contribution >= 0.6 is 0 Å². The zero-order valence-corrected chi connectivity index (χ0v) is 17.3. The Hall–Kier alpha value is -3.88. The molecule has 0 aliphatic heterocycles. The normalized spacial score (nSPS) is 11.5. The number of ether oxygens (including phenoxy) is 3. The van der Waals surface area contributed by atoms with Gasteiger partial charge in [0.2, 0.25) is 0 Å². The van der Waals surface area contributed by atoms with Crippen LogP contribution in [0.4, 0.5) is 4.39 Å². The Kier molecular flexibility index (Phi) is 6.86. The van der Waals surface area contributed by atoms with E-state index in [1.807, 2.05) is 0 Å². The second-order valence-electron chi connectivity index (χ2n) is 6.58. The molecule has 0 radical (unpaired) electrons. The van der Waals surface area contributed by atoms with Crippen LogP contribution in [-0.4, -0.2) is 41.8 Å². The van der Waals surface area contributed by atoms with Crippen molar-refractivity contribution in [1.82, 2.24) is 14.9 Å². The molecule has 1 atom stereocenters. The number of amides is 1. The average Bonchev–Trinajstić information content (AvgIpc) is 3.27. The molecule has 1 heterocycles. The first kappa shape index (κ1) is 21.8. The highest BCUT2D eigenvalue weighted by molar-refractivity contribution is 5.91. The molecule has 8 nitrogen and oxygen atoms in total. The van der Waals surface area contributed by atoms with Crippen molar-refractivity contribution < 1.29 is 28.2 Å². The lowest BCUT2D eigenvalue weighted by molar-refractivity contribution is -0.129. The summed E-state index contributed by atoms with van der Waals surface area (Å²) >= 11 is 0. The maximum Gasteiger partial charge on any atom is 0.357 e. The molecule has 0 saturated carbocycles. The molecule has 31 heavy (non-hydrogen) atoms. The van der Waals surface area contributed by atoms with Crippen LogP contribution in [0.25, 0.3) is 5.69 Å². The van der Waals surface area contributed by atoms with Gasteiger partial charge in [-0.25, -0.2) is 14.2 Å². The second kappa shape index (κ2) is 9.75. The number of halogens is 1. The first-order chi connectivity index (χ1) is 14.9. The van der Waals surface area contributed by atoms with Gasteiger partial charge in [-0.05, 0) is 48.9 Å². The second-order valence-corrected chi connectivity index (χ2v) is 6.58. The fourth-order valence-corrected chi connectivity index (χ4v) is 2.85. The minimum absolute atomic E-state index is 0.117. The van der Waals surface area contributed by atoms with E-state index in [0.717, 1.165) is 5.56 Å². The van der Waals surface area contributed by atoms with Crippen LogP contribution in [0, 0.1) is 5.82 Å². The summed E-state index contributed by atoms with van der Waals surface area (Å²) < 4.78 is 30.3. The Balaban J connectivity index is 1.61. The van der Waals surface area contributed by atoms with E-state index in [1.165, 1.54) is 62.5 Å². The lowest BCUT2D eigenvalue weighted by Crippen LogP contribution is -2.35. The van der Waals surface area contributed by atoms with Gasteiger partial charge >= 0.3 is 5.97 Å². The molecule has 0 spiro atoms. The molecule has 0 fully saturated rings. The summed E-state index contributed by atoms with van der Waals surface area (Å²) in [5.41, 5.74) is 1.45. The van der Waals surface area contributed by atoms with Crippen LogP contribution in [0.3, 0.4) is 0 Å². The van der Waals surface area contributed by atoms with Crippen molar-refractivity contribution >= 4 is 11.9 Å². The van der Waals surface area contributed by atoms with E-state index in [0.29, 0.717) is 17.2 Å². The molecule has 0 unspecified atom stereocenters. The van der Waals surface area contributed by atoms with E-state index in [4.69, 9.17) is 14.2 Å². The summed E-state index contributed by atoms with van der Waals surface area (Å²) in [6, 6.07) is 10.8. The fourth-order valence-electron chi connectivity index (χ4n) is 2.85. The highest BCUT2D eigenvalue weighted by atomic mass is 19.1. The van der Waals surface area contributed by atoms with Gasteiger partial charge in [0, 0.05) is 12.2 Å². The number of nitrogens with zero attached hydrogens (tertiary/aromatic N) is 2. The highest BCUT2D eigenvalue weighted by Crippen LogP contribution is 2.27. The van der Waals surface area contributed by atoms with Crippen LogP contribution in [-0.2, 0) is 16.1 Å². The lowest BCUT2D eigenvalue weighted by atomic mass is 10.2. The van der Waals surface area contributed by atoms with Gasteiger partial charge in [0.25, 0.3) is 5.91 Å². The molecule has 9 heteroatoms. The summed E-state index contributed by atoms with van der Waals surface area (Å²) in [7, 11) is 3.07. The molecule has 162 valence electrons. The van der Waals surface area contributed by atoms with Crippen LogP contribution in [0.5, 0.6) is 11.5 Å². The predicted octanol–water partition coefficient (Wildman–Crippen LogP) is 2.89. The minimum atomic E-state index is -1.04. The third-order valence-electron chi connectivity index (χ3n) is 4.52. The van der Waals surface area contributed by atoms with Gasteiger partial charge < -0.3 is 19.5 Å². The number of carbonyl (C=O) groups excluding carboxylic acids is 2. The number of nitrogens with one attached hydrogen (secondary N) is 1. The number of imidazole rings is 1. The van der Waals surface area contributed by atoms with Crippen molar-refractivity contribution in [1.29, 1.82) is 0 Å². The molecule has 0 aliphatic rings. The number of carbonyl (C=O) groups is 2. The molecule has 3 aromatic rings. The maximum atomic E-state index is 13.1. The Morgan fingerprint density at radius 1 is 1.10 bits per heavy atom. The van der Waals surface area contributed by atoms with Crippen molar-refractivity contribution in [3.05, 3.63) is 72.1 Å². The Morgan fingerprint density at radius 3 is 2.48 bits per heavy atom. The van der Waals surface area contributed by atoms with Gasteiger partial charge in [0.15, 0.2) is 23.3 Å². The summed E-state index contributed by atoms with van der Waals surface area (Å²) in [6.45, 7) is 1.69. The largest absolute Gasteiger partial charge is 0.493 e. The van der Waals surface area contributed by atoms with E-state index < -0.39 is 23.8 Å². The molecule has 0 aliphatic carbocycles. The number of esters is 1. The van der Waals surface area contributed by atoms with E-state index in [9.17, 15) is 14.0 Å². The summed E-state index contributed by atoms with van der Waals surface area (Å²) in [5, 5.41) is 2.71. The van der Waals surface area contributed by atoms with Crippen LogP contribution in [0.2, 0.25) is 0 Å². The Morgan fingerprint density at radius 2 is 1.81 bits per heavy atom. The standard InChI is InChI=1S/C22H22FN3O5/c1-14(21(27)25-11-15-4-9-19(29-2)20(10-15)30-3)31-22(28)18-12-24-13-26(18)17-7-5-16(23)6-8-17/h4-10,12-14H,11H2,1-3H3,(H,25,27)/t14-/m0/s1. The number of rotatable bonds is 8. The molecule has 1 amide bonds. The van der Waals surface area contributed by atoms with Gasteiger partial charge in [0.05, 0.1) is 26.7 Å². The quantitative estimate of drug-likeness (QED) is 0.556. The molecular formula is C22H22FN3O5. The maximum absolute atomic E-state index is 13.1. The smallest absolute Gasteiger partial charge is 0.357 e. The number of benzene rings is 2. The Labute approximate surface area is 178 Å². The molecule has 0 saturated heterocycles. The summed E-state index contributed by atoms with van der Waals surface area (Å²) in [6.07, 6.45) is 1.69. The lowest BCUT2D eigenvalue weighted by Gasteiger charge is -2.15. The Bertz CT molecular complexity index is 1070. The third kappa shape index (κ3) is 5.19. The molecule has 2 aromatic carbocycles. The highest BCUT2D eigenvalue weighted by Gasteiger charge is 2.22. The fraction of sp³-hybridized carbons (Fsp3) is 0.227. The molecule has 1 aromatic heterocycles. The van der Waals surface area contributed by atoms with E-state index in [2.05, 4.69) is 10.3 Å². The van der Waals surface area contributed by atoms with Crippen molar-refractivity contribution in [2.24, 2.45) is 0 Å². The van der Waals surface area contributed by atoms with Crippen LogP contribution < -0.4 is 14.8 Å². The van der Waals surface area contributed by atoms with Crippen molar-refractivity contribution in [3.8, 4) is 17.2 Å². The molecule has 1 N–H and O–H groups in total. The minimum Gasteiger partial charge on any atom is -0.493 e. The summed E-state index contributed by atoms with van der Waals surface area (Å²) in [4.78, 5) is 28.9. The van der Waals surface area contributed by atoms with Gasteiger partial charge in [0.1, 0.15) is 5.82 Å². The summed E-state index contributed by atoms with van der Waals surface area (Å²) in [5.74, 6) is -0.459. The van der Waals surface area contributed by atoms with Crippen molar-refractivity contribution in [3.63, 3.8) is 0 Å². The number of hydrogen-bond acceptors (Lipinski definition) is 6. The van der Waals surface area contributed by atoms with Crippen molar-refractivity contribution in [2.75, 3.05) is 14.2 Å².